The van der Waals surface area contributed by atoms with Crippen LogP contribution in [0.25, 0.3) is 38.8 Å². The molecule has 0 atom stereocenters. The Labute approximate surface area is 198 Å². The van der Waals surface area contributed by atoms with E-state index in [-0.39, 0.29) is 35.1 Å². The van der Waals surface area contributed by atoms with Crippen molar-refractivity contribution in [1.82, 2.24) is 9.55 Å². The highest BCUT2D eigenvalue weighted by Gasteiger charge is 2.19. The van der Waals surface area contributed by atoms with E-state index in [9.17, 15) is 0 Å². The van der Waals surface area contributed by atoms with Gasteiger partial charge in [0.1, 0.15) is 5.82 Å². The number of halogens is 1. The Hall–Kier alpha value is -2.91. The summed E-state index contributed by atoms with van der Waals surface area (Å²) in [5.41, 5.74) is 4.75. The first-order valence-corrected chi connectivity index (χ1v) is 11.0. The molecule has 0 radical (unpaired) electrons. The van der Waals surface area contributed by atoms with E-state index >= 15 is 0 Å². The Kier molecular flexibility index (Phi) is 3.55. The van der Waals surface area contributed by atoms with Crippen molar-refractivity contribution in [2.45, 2.75) is 33.1 Å². The van der Waals surface area contributed by atoms with Gasteiger partial charge in [-0.25, -0.2) is 4.98 Å². The maximum atomic E-state index is 8.36. The average molecular weight is 474 g/mol. The second-order valence-electron chi connectivity index (χ2n) is 8.84. The predicted molar refractivity (Wildman–Crippen MR) is 135 cm³/mol. The molecule has 0 amide bonds. The van der Waals surface area contributed by atoms with Gasteiger partial charge in [0.25, 0.3) is 0 Å². The molecule has 0 saturated carbocycles. The molecule has 31 heavy (non-hydrogen) atoms. The molecule has 2 aromatic heterocycles. The van der Waals surface area contributed by atoms with Gasteiger partial charge >= 0.3 is 0 Å². The first-order valence-electron chi connectivity index (χ1n) is 12.7. The smallest absolute Gasteiger partial charge is 0.137 e. The van der Waals surface area contributed by atoms with E-state index in [2.05, 4.69) is 71.6 Å². The van der Waals surface area contributed by atoms with E-state index in [0.29, 0.717) is 11.4 Å². The Morgan fingerprint density at radius 1 is 0.903 bits per heavy atom. The number of rotatable bonds is 2. The summed E-state index contributed by atoms with van der Waals surface area (Å²) >= 11 is 3.61. The maximum Gasteiger partial charge on any atom is 0.137 e. The zero-order chi connectivity index (χ0) is 26.1. The number of hydrogen-bond acceptors (Lipinski definition) is 1. The third-order valence-electron chi connectivity index (χ3n) is 5.69. The minimum absolute atomic E-state index is 0.0123. The number of fused-ring (bicyclic) bond motifs is 3. The summed E-state index contributed by atoms with van der Waals surface area (Å²) in [6.45, 7) is 8.48. The third-order valence-corrected chi connectivity index (χ3v) is 6.18. The van der Waals surface area contributed by atoms with Crippen LogP contribution in [0, 0.1) is 6.92 Å². The van der Waals surface area contributed by atoms with Gasteiger partial charge in [-0.2, -0.15) is 0 Å². The van der Waals surface area contributed by atoms with Crippen LogP contribution in [0.2, 0.25) is 0 Å². The molecular formula is C28H25BrN2. The minimum atomic E-state index is -0.401. The van der Waals surface area contributed by atoms with Crippen LogP contribution in [0.4, 0.5) is 0 Å². The lowest BCUT2D eigenvalue weighted by molar-refractivity contribution is 0.591. The van der Waals surface area contributed by atoms with E-state index in [1.165, 1.54) is 5.56 Å². The molecule has 0 fully saturated rings. The quantitative estimate of drug-likeness (QED) is 0.252. The molecule has 2 nitrogen and oxygen atoms in total. The fourth-order valence-corrected chi connectivity index (χ4v) is 4.37. The zero-order valence-corrected chi connectivity index (χ0v) is 19.5. The third kappa shape index (κ3) is 3.47. The van der Waals surface area contributed by atoms with Crippen LogP contribution in [0.3, 0.4) is 0 Å². The van der Waals surface area contributed by atoms with E-state index in [1.54, 1.807) is 6.20 Å². The minimum Gasteiger partial charge on any atom is -0.294 e. The van der Waals surface area contributed by atoms with Gasteiger partial charge < -0.3 is 0 Å². The molecule has 0 aliphatic heterocycles. The van der Waals surface area contributed by atoms with E-state index in [0.717, 1.165) is 31.8 Å². The van der Waals surface area contributed by atoms with E-state index in [4.69, 9.17) is 11.8 Å². The number of hydrogen-bond donors (Lipinski definition) is 0. The van der Waals surface area contributed by atoms with Crippen molar-refractivity contribution < 1.29 is 6.85 Å². The molecule has 0 bridgehead atoms. The summed E-state index contributed by atoms with van der Waals surface area (Å²) in [5, 5.41) is 2.26. The zero-order valence-electron chi connectivity index (χ0n) is 22.9. The summed E-state index contributed by atoms with van der Waals surface area (Å²) in [4.78, 5) is 4.74. The maximum absolute atomic E-state index is 8.36. The van der Waals surface area contributed by atoms with Crippen LogP contribution in [0.5, 0.6) is 0 Å². The Balaban J connectivity index is 1.77. The highest BCUT2D eigenvalue weighted by atomic mass is 79.9. The van der Waals surface area contributed by atoms with Crippen LogP contribution in [0.15, 0.2) is 83.3 Å². The molecule has 154 valence electrons. The van der Waals surface area contributed by atoms with Crippen molar-refractivity contribution in [3.63, 3.8) is 0 Å². The van der Waals surface area contributed by atoms with Crippen LogP contribution in [-0.2, 0) is 5.41 Å². The van der Waals surface area contributed by atoms with Gasteiger partial charge in [0.15, 0.2) is 0 Å². The van der Waals surface area contributed by atoms with Gasteiger partial charge in [-0.05, 0) is 59.4 Å². The second kappa shape index (κ2) is 7.35. The molecule has 0 aliphatic rings. The molecular weight excluding hydrogens is 444 g/mol. The van der Waals surface area contributed by atoms with E-state index < -0.39 is 6.04 Å². The molecule has 3 heteroatoms. The molecule has 0 saturated heterocycles. The highest BCUT2D eigenvalue weighted by molar-refractivity contribution is 9.10. The SMILES string of the molecule is [2H]c1c([2H])c([2H])c(-c2cnc(-n3c4ccc(C(C)(C)C)cc4c4ccc(Br)cc43)cc2C)c([2H])c1[2H]. The van der Waals surface area contributed by atoms with Gasteiger partial charge in [-0.3, -0.25) is 4.57 Å². The van der Waals surface area contributed by atoms with E-state index in [1.807, 2.05) is 19.1 Å². The summed E-state index contributed by atoms with van der Waals surface area (Å²) in [7, 11) is 0. The molecule has 3 aromatic carbocycles. The normalized spacial score (nSPS) is 14.3. The summed E-state index contributed by atoms with van der Waals surface area (Å²) < 4.78 is 43.8. The van der Waals surface area contributed by atoms with Crippen LogP contribution >= 0.6 is 15.9 Å². The van der Waals surface area contributed by atoms with Crippen LogP contribution < -0.4 is 0 Å². The first kappa shape index (κ1) is 15.0. The number of aromatic nitrogens is 2. The molecule has 0 aliphatic carbocycles. The van der Waals surface area contributed by atoms with Gasteiger partial charge in [-0.15, -0.1) is 0 Å². The standard InChI is InChI=1S/C28H25BrN2/c1-18-14-27(30-17-24(18)19-8-6-5-7-9-19)31-25-13-10-20(28(2,3)4)15-23(25)22-12-11-21(29)16-26(22)31/h5-17H,1-4H3/i5D,6D,7D,8D,9D. The molecule has 5 rings (SSSR count). The average Bonchev–Trinajstić information content (AvgIpc) is 3.14. The number of benzene rings is 3. The van der Waals surface area contributed by atoms with Crippen molar-refractivity contribution in [2.75, 3.05) is 0 Å². The van der Waals surface area contributed by atoms with Gasteiger partial charge in [0, 0.05) is 27.0 Å². The van der Waals surface area contributed by atoms with Crippen molar-refractivity contribution in [3.8, 4) is 16.9 Å². The molecule has 5 aromatic rings. The van der Waals surface area contributed by atoms with Crippen LogP contribution in [0.1, 0.15) is 38.8 Å². The molecule has 0 N–H and O–H groups in total. The van der Waals surface area contributed by atoms with Gasteiger partial charge in [-0.1, -0.05) is 79.0 Å². The topological polar surface area (TPSA) is 17.8 Å². The van der Waals surface area contributed by atoms with Crippen molar-refractivity contribution in [2.24, 2.45) is 0 Å². The van der Waals surface area contributed by atoms with Crippen molar-refractivity contribution >= 4 is 37.7 Å². The fraction of sp³-hybridized carbons (Fsp3) is 0.179. The van der Waals surface area contributed by atoms with Crippen molar-refractivity contribution in [3.05, 3.63) is 94.5 Å². The Morgan fingerprint density at radius 2 is 1.68 bits per heavy atom. The lowest BCUT2D eigenvalue weighted by Crippen LogP contribution is -2.10. The fourth-order valence-electron chi connectivity index (χ4n) is 4.02. The molecule has 0 spiro atoms. The predicted octanol–water partition coefficient (Wildman–Crippen LogP) is 8.21. The summed E-state index contributed by atoms with van der Waals surface area (Å²) in [6, 6.07) is 13.1. The lowest BCUT2D eigenvalue weighted by Gasteiger charge is -2.19. The Morgan fingerprint density at radius 3 is 2.39 bits per heavy atom. The van der Waals surface area contributed by atoms with Gasteiger partial charge in [0.2, 0.25) is 0 Å². The summed E-state index contributed by atoms with van der Waals surface area (Å²) in [6.07, 6.45) is 1.61. The van der Waals surface area contributed by atoms with Crippen molar-refractivity contribution in [1.29, 1.82) is 0 Å². The summed E-state index contributed by atoms with van der Waals surface area (Å²) in [5.74, 6) is 0.699. The number of pyridine rings is 1. The largest absolute Gasteiger partial charge is 0.294 e. The monoisotopic (exact) mass is 473 g/mol. The highest BCUT2D eigenvalue weighted by Crippen LogP contribution is 2.36. The molecule has 2 heterocycles. The lowest BCUT2D eigenvalue weighted by atomic mass is 9.86. The number of aryl methyl sites for hydroxylation is 1. The Bertz CT molecular complexity index is 1670. The second-order valence-corrected chi connectivity index (χ2v) is 9.75. The molecule has 0 unspecified atom stereocenters. The van der Waals surface area contributed by atoms with Crippen LogP contribution in [-0.4, -0.2) is 9.55 Å². The first-order chi connectivity index (χ1) is 16.9. The number of nitrogens with zero attached hydrogens (tertiary/aromatic N) is 2. The van der Waals surface area contributed by atoms with Gasteiger partial charge in [0.05, 0.1) is 17.9 Å².